The van der Waals surface area contributed by atoms with Crippen LogP contribution in [0.25, 0.3) is 0 Å². The lowest BCUT2D eigenvalue weighted by molar-refractivity contribution is 0.0945. The summed E-state index contributed by atoms with van der Waals surface area (Å²) in [6, 6.07) is 15.9. The number of nitrogens with one attached hydrogen (secondary N) is 1. The normalized spacial score (nSPS) is 12.7. The molecule has 1 amide bonds. The van der Waals surface area contributed by atoms with Crippen molar-refractivity contribution in [2.45, 2.75) is 19.9 Å². The summed E-state index contributed by atoms with van der Waals surface area (Å²) in [6.45, 7) is 2.95. The first-order chi connectivity index (χ1) is 13.1. The molecule has 3 aromatic rings. The van der Waals surface area contributed by atoms with Crippen LogP contribution in [0.4, 0.5) is 16.0 Å². The van der Waals surface area contributed by atoms with Gasteiger partial charge in [-0.2, -0.15) is 0 Å². The molecule has 4 rings (SSSR count). The van der Waals surface area contributed by atoms with Gasteiger partial charge in [0.1, 0.15) is 11.5 Å². The molecule has 0 bridgehead atoms. The van der Waals surface area contributed by atoms with Crippen LogP contribution in [0.15, 0.2) is 54.6 Å². The number of hydrogen-bond acceptors (Lipinski definition) is 4. The maximum Gasteiger partial charge on any atom is 0.270 e. The number of aryl methyl sites for hydroxylation is 1. The van der Waals surface area contributed by atoms with E-state index in [0.717, 1.165) is 29.9 Å². The van der Waals surface area contributed by atoms with E-state index in [1.807, 2.05) is 30.0 Å². The molecule has 1 aromatic heterocycles. The lowest BCUT2D eigenvalue weighted by Crippen LogP contribution is -2.26. The van der Waals surface area contributed by atoms with Gasteiger partial charge in [-0.05, 0) is 48.7 Å². The molecule has 0 atom stereocenters. The van der Waals surface area contributed by atoms with Gasteiger partial charge in [-0.15, -0.1) is 0 Å². The number of halogens is 1. The van der Waals surface area contributed by atoms with Gasteiger partial charge in [-0.1, -0.05) is 30.3 Å². The molecule has 0 saturated heterocycles. The highest BCUT2D eigenvalue weighted by Crippen LogP contribution is 2.32. The van der Waals surface area contributed by atoms with Gasteiger partial charge in [0.05, 0.1) is 0 Å². The molecule has 2 heterocycles. The zero-order valence-electron chi connectivity index (χ0n) is 14.9. The van der Waals surface area contributed by atoms with E-state index in [1.165, 1.54) is 17.7 Å². The number of nitrogens with zero attached hydrogens (tertiary/aromatic N) is 3. The van der Waals surface area contributed by atoms with Crippen molar-refractivity contribution in [1.82, 2.24) is 15.3 Å². The fourth-order valence-corrected chi connectivity index (χ4v) is 3.21. The van der Waals surface area contributed by atoms with E-state index in [0.29, 0.717) is 18.2 Å². The summed E-state index contributed by atoms with van der Waals surface area (Å²) in [5.41, 5.74) is 4.22. The fourth-order valence-electron chi connectivity index (χ4n) is 3.21. The Labute approximate surface area is 156 Å². The molecule has 0 saturated carbocycles. The van der Waals surface area contributed by atoms with Crippen LogP contribution in [0, 0.1) is 12.7 Å². The van der Waals surface area contributed by atoms with Crippen LogP contribution in [-0.2, 0) is 13.0 Å². The minimum Gasteiger partial charge on any atom is -0.347 e. The average molecular weight is 362 g/mol. The van der Waals surface area contributed by atoms with Crippen LogP contribution in [0.1, 0.15) is 27.3 Å². The zero-order valence-corrected chi connectivity index (χ0v) is 14.9. The first kappa shape index (κ1) is 17.1. The third kappa shape index (κ3) is 3.65. The summed E-state index contributed by atoms with van der Waals surface area (Å²) in [4.78, 5) is 23.6. The maximum absolute atomic E-state index is 13.0. The predicted octanol–water partition coefficient (Wildman–Crippen LogP) is 3.55. The Balaban J connectivity index is 1.54. The summed E-state index contributed by atoms with van der Waals surface area (Å²) in [6.07, 6.45) is 0.930. The topological polar surface area (TPSA) is 58.1 Å². The van der Waals surface area contributed by atoms with E-state index in [9.17, 15) is 9.18 Å². The Morgan fingerprint density at radius 1 is 1.15 bits per heavy atom. The van der Waals surface area contributed by atoms with E-state index in [4.69, 9.17) is 0 Å². The summed E-state index contributed by atoms with van der Waals surface area (Å²) in [5, 5.41) is 2.83. The lowest BCUT2D eigenvalue weighted by atomic mass is 10.2. The molecular formula is C21H19FN4O. The zero-order chi connectivity index (χ0) is 18.8. The van der Waals surface area contributed by atoms with Gasteiger partial charge in [0.25, 0.3) is 5.91 Å². The van der Waals surface area contributed by atoms with Crippen molar-refractivity contribution in [2.24, 2.45) is 0 Å². The molecule has 0 aliphatic carbocycles. The smallest absolute Gasteiger partial charge is 0.270 e. The predicted molar refractivity (Wildman–Crippen MR) is 101 cm³/mol. The molecule has 6 heteroatoms. The van der Waals surface area contributed by atoms with Crippen LogP contribution in [-0.4, -0.2) is 22.4 Å². The SMILES string of the molecule is Cc1cc(C(=O)NCc2ccc(F)cc2)nc(N2CCc3ccccc32)n1. The molecule has 136 valence electrons. The first-order valence-corrected chi connectivity index (χ1v) is 8.84. The van der Waals surface area contributed by atoms with Crippen molar-refractivity contribution in [3.63, 3.8) is 0 Å². The third-order valence-corrected chi connectivity index (χ3v) is 4.57. The van der Waals surface area contributed by atoms with E-state index < -0.39 is 0 Å². The highest BCUT2D eigenvalue weighted by Gasteiger charge is 2.23. The second-order valence-electron chi connectivity index (χ2n) is 6.53. The highest BCUT2D eigenvalue weighted by atomic mass is 19.1. The quantitative estimate of drug-likeness (QED) is 0.771. The van der Waals surface area contributed by atoms with E-state index in [-0.39, 0.29) is 11.7 Å². The summed E-state index contributed by atoms with van der Waals surface area (Å²) < 4.78 is 13.0. The fraction of sp³-hybridized carbons (Fsp3) is 0.190. The Kier molecular flexibility index (Phi) is 4.54. The Morgan fingerprint density at radius 2 is 1.93 bits per heavy atom. The van der Waals surface area contributed by atoms with Gasteiger partial charge in [0, 0.05) is 24.5 Å². The van der Waals surface area contributed by atoms with Gasteiger partial charge in [-0.3, -0.25) is 4.79 Å². The number of amides is 1. The molecule has 0 spiro atoms. The number of carbonyl (C=O) groups is 1. The number of carbonyl (C=O) groups excluding carboxylic acids is 1. The highest BCUT2D eigenvalue weighted by molar-refractivity contribution is 5.92. The van der Waals surface area contributed by atoms with Crippen molar-refractivity contribution in [3.05, 3.63) is 82.9 Å². The van der Waals surface area contributed by atoms with Crippen molar-refractivity contribution in [2.75, 3.05) is 11.4 Å². The number of rotatable bonds is 4. The molecule has 1 aliphatic rings. The molecule has 1 N–H and O–H groups in total. The second-order valence-corrected chi connectivity index (χ2v) is 6.53. The van der Waals surface area contributed by atoms with Crippen LogP contribution >= 0.6 is 0 Å². The molecule has 5 nitrogen and oxygen atoms in total. The number of aromatic nitrogens is 2. The molecule has 2 aromatic carbocycles. The number of anilines is 2. The second kappa shape index (κ2) is 7.15. The minimum atomic E-state index is -0.299. The minimum absolute atomic E-state index is 0.279. The van der Waals surface area contributed by atoms with Crippen LogP contribution in [0.3, 0.4) is 0 Å². The molecule has 0 radical (unpaired) electrons. The number of hydrogen-bond donors (Lipinski definition) is 1. The lowest BCUT2D eigenvalue weighted by Gasteiger charge is -2.18. The molecule has 1 aliphatic heterocycles. The summed E-state index contributed by atoms with van der Waals surface area (Å²) in [5.74, 6) is -0.0440. The van der Waals surface area contributed by atoms with Gasteiger partial charge in [0.2, 0.25) is 5.95 Å². The molecule has 0 fully saturated rings. The van der Waals surface area contributed by atoms with Crippen molar-refractivity contribution >= 4 is 17.5 Å². The molecule has 27 heavy (non-hydrogen) atoms. The van der Waals surface area contributed by atoms with Crippen LogP contribution in [0.5, 0.6) is 0 Å². The maximum atomic E-state index is 13.0. The van der Waals surface area contributed by atoms with Gasteiger partial charge < -0.3 is 10.2 Å². The van der Waals surface area contributed by atoms with Crippen LogP contribution in [0.2, 0.25) is 0 Å². The number of fused-ring (bicyclic) bond motifs is 1. The molecule has 0 unspecified atom stereocenters. The Bertz CT molecular complexity index is 988. The van der Waals surface area contributed by atoms with Gasteiger partial charge >= 0.3 is 0 Å². The summed E-state index contributed by atoms with van der Waals surface area (Å²) >= 11 is 0. The van der Waals surface area contributed by atoms with Crippen molar-refractivity contribution in [3.8, 4) is 0 Å². The number of benzene rings is 2. The van der Waals surface area contributed by atoms with E-state index >= 15 is 0 Å². The van der Waals surface area contributed by atoms with E-state index in [2.05, 4.69) is 21.4 Å². The monoisotopic (exact) mass is 362 g/mol. The third-order valence-electron chi connectivity index (χ3n) is 4.57. The molecular weight excluding hydrogens is 343 g/mol. The van der Waals surface area contributed by atoms with Gasteiger partial charge in [-0.25, -0.2) is 14.4 Å². The summed E-state index contributed by atoms with van der Waals surface area (Å²) in [7, 11) is 0. The standard InChI is InChI=1S/C21H19FN4O/c1-14-12-18(20(27)23-13-15-6-8-17(22)9-7-15)25-21(24-14)26-11-10-16-4-2-3-5-19(16)26/h2-9,12H,10-11,13H2,1H3,(H,23,27). The van der Waals surface area contributed by atoms with Gasteiger partial charge in [0.15, 0.2) is 0 Å². The first-order valence-electron chi connectivity index (χ1n) is 8.84. The largest absolute Gasteiger partial charge is 0.347 e. The number of para-hydroxylation sites is 1. The van der Waals surface area contributed by atoms with Crippen molar-refractivity contribution < 1.29 is 9.18 Å². The Morgan fingerprint density at radius 3 is 2.74 bits per heavy atom. The average Bonchev–Trinajstić information content (AvgIpc) is 3.11. The Hall–Kier alpha value is -3.28. The van der Waals surface area contributed by atoms with Crippen molar-refractivity contribution in [1.29, 1.82) is 0 Å². The van der Waals surface area contributed by atoms with Crippen LogP contribution < -0.4 is 10.2 Å². The van der Waals surface area contributed by atoms with E-state index in [1.54, 1.807) is 18.2 Å².